The Kier molecular flexibility index (Phi) is 4.61. The van der Waals surface area contributed by atoms with Crippen molar-refractivity contribution in [3.8, 4) is 0 Å². The second-order valence-corrected chi connectivity index (χ2v) is 6.98. The molecule has 0 aliphatic rings. The third-order valence-corrected chi connectivity index (χ3v) is 5.08. The van der Waals surface area contributed by atoms with E-state index < -0.39 is 23.2 Å². The average molecular weight is 434 g/mol. The summed E-state index contributed by atoms with van der Waals surface area (Å²) < 4.78 is 31.2. The number of nitrogens with zero attached hydrogens (tertiary/aromatic N) is 6. The third kappa shape index (κ3) is 3.12. The highest BCUT2D eigenvalue weighted by Gasteiger charge is 2.41. The Morgan fingerprint density at radius 3 is 2.73 bits per heavy atom. The SMILES string of the molecule is Cc1nn(Cc2c(Cl)cccc2C(N)=O)c2cc(C(F)(F)c3nnnn3O)ccc12. The van der Waals surface area contributed by atoms with E-state index in [0.717, 1.165) is 0 Å². The quantitative estimate of drug-likeness (QED) is 0.466. The molecule has 30 heavy (non-hydrogen) atoms. The molecule has 12 heteroatoms. The molecule has 0 atom stereocenters. The Morgan fingerprint density at radius 2 is 2.07 bits per heavy atom. The van der Waals surface area contributed by atoms with Crippen molar-refractivity contribution >= 4 is 28.4 Å². The van der Waals surface area contributed by atoms with Gasteiger partial charge in [-0.3, -0.25) is 9.48 Å². The van der Waals surface area contributed by atoms with E-state index in [4.69, 9.17) is 17.3 Å². The van der Waals surface area contributed by atoms with Gasteiger partial charge in [0.25, 0.3) is 5.82 Å². The Labute approximate surface area is 172 Å². The molecule has 2 aromatic carbocycles. The number of nitrogens with two attached hydrogens (primary N) is 1. The molecule has 2 heterocycles. The van der Waals surface area contributed by atoms with E-state index in [1.165, 1.54) is 28.9 Å². The van der Waals surface area contributed by atoms with Crippen molar-refractivity contribution in [3.05, 3.63) is 69.6 Å². The van der Waals surface area contributed by atoms with Gasteiger partial charge in [-0.2, -0.15) is 13.9 Å². The molecule has 0 saturated heterocycles. The molecule has 4 rings (SSSR count). The summed E-state index contributed by atoms with van der Waals surface area (Å²) in [6.07, 6.45) is 0. The molecule has 3 N–H and O–H groups in total. The van der Waals surface area contributed by atoms with Crippen LogP contribution in [0.2, 0.25) is 5.02 Å². The van der Waals surface area contributed by atoms with Crippen LogP contribution in [0.5, 0.6) is 0 Å². The van der Waals surface area contributed by atoms with Crippen LogP contribution in [0.3, 0.4) is 0 Å². The lowest BCUT2D eigenvalue weighted by Crippen LogP contribution is -2.21. The number of hydrogen-bond acceptors (Lipinski definition) is 6. The van der Waals surface area contributed by atoms with Gasteiger partial charge >= 0.3 is 5.92 Å². The van der Waals surface area contributed by atoms with Gasteiger partial charge in [-0.1, -0.05) is 34.6 Å². The van der Waals surface area contributed by atoms with E-state index in [1.54, 1.807) is 19.1 Å². The van der Waals surface area contributed by atoms with Crippen LogP contribution < -0.4 is 5.73 Å². The van der Waals surface area contributed by atoms with Crippen molar-refractivity contribution in [1.29, 1.82) is 0 Å². The molecule has 0 unspecified atom stereocenters. The van der Waals surface area contributed by atoms with Gasteiger partial charge in [0.05, 0.1) is 17.8 Å². The van der Waals surface area contributed by atoms with Gasteiger partial charge in [0.1, 0.15) is 0 Å². The number of fused-ring (bicyclic) bond motifs is 1. The van der Waals surface area contributed by atoms with Crippen LogP contribution in [0.1, 0.15) is 33.0 Å². The normalized spacial score (nSPS) is 11.9. The van der Waals surface area contributed by atoms with Crippen LogP contribution in [0.4, 0.5) is 8.78 Å². The number of alkyl halides is 2. The van der Waals surface area contributed by atoms with Gasteiger partial charge in [0.2, 0.25) is 5.91 Å². The highest BCUT2D eigenvalue weighted by Crippen LogP contribution is 2.36. The van der Waals surface area contributed by atoms with E-state index >= 15 is 0 Å². The zero-order chi connectivity index (χ0) is 21.6. The number of hydrogen-bond donors (Lipinski definition) is 2. The van der Waals surface area contributed by atoms with Crippen molar-refractivity contribution < 1.29 is 18.8 Å². The molecule has 0 bridgehead atoms. The van der Waals surface area contributed by atoms with E-state index in [2.05, 4.69) is 20.6 Å². The predicted molar refractivity (Wildman–Crippen MR) is 102 cm³/mol. The summed E-state index contributed by atoms with van der Waals surface area (Å²) in [4.78, 5) is 11.7. The number of halogens is 3. The second-order valence-electron chi connectivity index (χ2n) is 6.57. The van der Waals surface area contributed by atoms with Crippen LogP contribution >= 0.6 is 11.6 Å². The number of aryl methyl sites for hydroxylation is 1. The maximum Gasteiger partial charge on any atom is 0.337 e. The molecule has 0 radical (unpaired) electrons. The molecule has 1 amide bonds. The lowest BCUT2D eigenvalue weighted by molar-refractivity contribution is 0.00113. The fourth-order valence-electron chi connectivity index (χ4n) is 3.26. The Morgan fingerprint density at radius 1 is 1.30 bits per heavy atom. The zero-order valence-corrected chi connectivity index (χ0v) is 16.2. The Bertz CT molecular complexity index is 1290. The van der Waals surface area contributed by atoms with Crippen LogP contribution in [-0.2, 0) is 12.5 Å². The van der Waals surface area contributed by atoms with Crippen molar-refractivity contribution in [3.63, 3.8) is 0 Å². The maximum absolute atomic E-state index is 14.9. The summed E-state index contributed by atoms with van der Waals surface area (Å²) in [5.41, 5.74) is 6.59. The molecule has 4 aromatic rings. The van der Waals surface area contributed by atoms with Gasteiger partial charge in [0.15, 0.2) is 0 Å². The van der Waals surface area contributed by atoms with E-state index in [0.29, 0.717) is 27.2 Å². The Balaban J connectivity index is 1.85. The molecule has 0 fully saturated rings. The fourth-order valence-corrected chi connectivity index (χ4v) is 3.49. The molecule has 0 saturated carbocycles. The summed E-state index contributed by atoms with van der Waals surface area (Å²) in [5, 5.41) is 24.1. The first kappa shape index (κ1) is 19.7. The molecule has 0 aliphatic heterocycles. The minimum atomic E-state index is -3.67. The summed E-state index contributed by atoms with van der Waals surface area (Å²) in [6, 6.07) is 8.65. The summed E-state index contributed by atoms with van der Waals surface area (Å²) >= 11 is 6.25. The standard InChI is InChI=1S/C18H14ClF2N7O2/c1-9-11-6-5-10(18(20,21)17-23-25-26-28(17)30)7-15(11)27(24-9)8-13-12(16(22)29)3-2-4-14(13)19/h2-7,30H,8H2,1H3,(H2,22,29). The van der Waals surface area contributed by atoms with E-state index in [1.807, 2.05) is 0 Å². The van der Waals surface area contributed by atoms with Gasteiger partial charge in [0, 0.05) is 27.1 Å². The van der Waals surface area contributed by atoms with Crippen molar-refractivity contribution in [2.75, 3.05) is 0 Å². The smallest absolute Gasteiger partial charge is 0.337 e. The Hall–Kier alpha value is -3.60. The van der Waals surface area contributed by atoms with E-state index in [-0.39, 0.29) is 17.0 Å². The highest BCUT2D eigenvalue weighted by molar-refractivity contribution is 6.31. The lowest BCUT2D eigenvalue weighted by Gasteiger charge is -2.15. The van der Waals surface area contributed by atoms with Crippen LogP contribution in [0, 0.1) is 6.92 Å². The van der Waals surface area contributed by atoms with Crippen LogP contribution in [0.15, 0.2) is 36.4 Å². The minimum absolute atomic E-state index is 0.0368. The number of amides is 1. The van der Waals surface area contributed by atoms with Crippen molar-refractivity contribution in [2.45, 2.75) is 19.4 Å². The molecule has 0 aliphatic carbocycles. The minimum Gasteiger partial charge on any atom is -0.409 e. The molecule has 2 aromatic heterocycles. The second kappa shape index (κ2) is 7.02. The molecule has 9 nitrogen and oxygen atoms in total. The molecule has 0 spiro atoms. The fraction of sp³-hybridized carbons (Fsp3) is 0.167. The van der Waals surface area contributed by atoms with Crippen LogP contribution in [0.25, 0.3) is 10.9 Å². The van der Waals surface area contributed by atoms with Gasteiger partial charge in [-0.15, -0.1) is 5.10 Å². The van der Waals surface area contributed by atoms with Crippen molar-refractivity contribution in [2.24, 2.45) is 5.73 Å². The maximum atomic E-state index is 14.9. The highest BCUT2D eigenvalue weighted by atomic mass is 35.5. The molecular formula is C18H14ClF2N7O2. The summed E-state index contributed by atoms with van der Waals surface area (Å²) in [5.74, 6) is -5.35. The number of carbonyl (C=O) groups excluding carboxylic acids is 1. The first-order valence-electron chi connectivity index (χ1n) is 8.61. The number of rotatable bonds is 5. The van der Waals surface area contributed by atoms with Gasteiger partial charge in [-0.25, -0.2) is 0 Å². The predicted octanol–water partition coefficient (Wildman–Crippen LogP) is 2.51. The number of tetrazole rings is 1. The van der Waals surface area contributed by atoms with Gasteiger partial charge < -0.3 is 10.9 Å². The third-order valence-electron chi connectivity index (χ3n) is 4.73. The van der Waals surface area contributed by atoms with Crippen LogP contribution in [-0.4, -0.2) is 41.3 Å². The monoisotopic (exact) mass is 433 g/mol. The first-order chi connectivity index (χ1) is 14.2. The topological polar surface area (TPSA) is 125 Å². The average Bonchev–Trinajstić information content (AvgIpc) is 3.27. The van der Waals surface area contributed by atoms with Crippen molar-refractivity contribution in [1.82, 2.24) is 30.2 Å². The summed E-state index contributed by atoms with van der Waals surface area (Å²) in [7, 11) is 0. The first-order valence-corrected chi connectivity index (χ1v) is 8.98. The van der Waals surface area contributed by atoms with E-state index in [9.17, 15) is 18.8 Å². The lowest BCUT2D eigenvalue weighted by atomic mass is 10.0. The number of primary amides is 1. The zero-order valence-electron chi connectivity index (χ0n) is 15.4. The number of carbonyl (C=O) groups is 1. The molecule has 154 valence electrons. The largest absolute Gasteiger partial charge is 0.409 e. The number of benzene rings is 2. The summed E-state index contributed by atoms with van der Waals surface area (Å²) in [6.45, 7) is 1.77. The van der Waals surface area contributed by atoms with Gasteiger partial charge in [-0.05, 0) is 35.5 Å². The molecular weight excluding hydrogens is 420 g/mol. The number of aromatic nitrogens is 6.